The van der Waals surface area contributed by atoms with Gasteiger partial charge in [0.25, 0.3) is 0 Å². The highest BCUT2D eigenvalue weighted by molar-refractivity contribution is 5.95. The van der Waals surface area contributed by atoms with Crippen molar-refractivity contribution in [1.82, 2.24) is 9.88 Å². The van der Waals surface area contributed by atoms with Crippen LogP contribution in [0.15, 0.2) is 54.4 Å². The average molecular weight is 491 g/mol. The predicted molar refractivity (Wildman–Crippen MR) is 137 cm³/mol. The first-order valence-corrected chi connectivity index (χ1v) is 13.3. The van der Waals surface area contributed by atoms with Gasteiger partial charge in [0.15, 0.2) is 5.67 Å². The minimum Gasteiger partial charge on any atom is -0.389 e. The van der Waals surface area contributed by atoms with Gasteiger partial charge in [0.05, 0.1) is 11.7 Å². The van der Waals surface area contributed by atoms with Crippen LogP contribution in [-0.2, 0) is 4.74 Å². The van der Waals surface area contributed by atoms with Crippen LogP contribution in [0.5, 0.6) is 0 Å². The van der Waals surface area contributed by atoms with E-state index in [0.29, 0.717) is 12.8 Å². The molecule has 5 aliphatic rings. The highest BCUT2D eigenvalue weighted by Gasteiger charge is 2.76. The second-order valence-electron chi connectivity index (χ2n) is 12.4. The van der Waals surface area contributed by atoms with Crippen LogP contribution in [0.4, 0.5) is 4.39 Å². The van der Waals surface area contributed by atoms with Crippen molar-refractivity contribution >= 4 is 16.3 Å². The molecule has 1 aromatic heterocycles. The van der Waals surface area contributed by atoms with E-state index >= 15 is 4.39 Å². The van der Waals surface area contributed by atoms with Crippen LogP contribution >= 0.6 is 0 Å². The van der Waals surface area contributed by atoms with Gasteiger partial charge in [-0.1, -0.05) is 37.3 Å². The van der Waals surface area contributed by atoms with Crippen molar-refractivity contribution in [2.24, 2.45) is 11.3 Å². The SMILES string of the molecule is CN(C)[C@H]1C[C@@]23CC[C@@]4(O2)C(=CC[C@]2(C)C(c5cccc6ccncc56)=CCC24)CC3(F)[C@@H](O)[C@@H]1O. The van der Waals surface area contributed by atoms with E-state index in [0.717, 1.165) is 30.2 Å². The molecule has 2 saturated heterocycles. The average Bonchev–Trinajstić information content (AvgIpc) is 3.40. The molecule has 3 aliphatic carbocycles. The molecule has 2 unspecified atom stereocenters. The number of likely N-dealkylation sites (N-methyl/N-ethyl adjacent to an activating group) is 1. The first-order valence-electron chi connectivity index (χ1n) is 13.3. The number of aliphatic hydroxyl groups excluding tert-OH is 2. The zero-order valence-corrected chi connectivity index (χ0v) is 21.2. The fraction of sp³-hybridized carbons (Fsp3) is 0.567. The van der Waals surface area contributed by atoms with E-state index in [1.54, 1.807) is 0 Å². The van der Waals surface area contributed by atoms with Crippen molar-refractivity contribution in [2.45, 2.75) is 80.6 Å². The van der Waals surface area contributed by atoms with Gasteiger partial charge in [0, 0.05) is 41.6 Å². The Morgan fingerprint density at radius 1 is 1.14 bits per heavy atom. The minimum atomic E-state index is -1.98. The summed E-state index contributed by atoms with van der Waals surface area (Å²) in [6.45, 7) is 2.35. The number of hydrogen-bond acceptors (Lipinski definition) is 5. The van der Waals surface area contributed by atoms with Crippen LogP contribution < -0.4 is 0 Å². The number of alkyl halides is 1. The van der Waals surface area contributed by atoms with E-state index in [1.807, 2.05) is 31.4 Å². The molecule has 2 spiro atoms. The maximum absolute atomic E-state index is 16.9. The molecule has 8 atom stereocenters. The fourth-order valence-corrected chi connectivity index (χ4v) is 8.75. The summed E-state index contributed by atoms with van der Waals surface area (Å²) in [6, 6.07) is 8.16. The van der Waals surface area contributed by atoms with Crippen LogP contribution in [0.3, 0.4) is 0 Å². The molecule has 36 heavy (non-hydrogen) atoms. The Balaban J connectivity index is 1.32. The van der Waals surface area contributed by atoms with Crippen molar-refractivity contribution in [3.05, 3.63) is 59.9 Å². The second kappa shape index (κ2) is 7.25. The van der Waals surface area contributed by atoms with E-state index in [2.05, 4.69) is 48.3 Å². The standard InChI is InChI=1S/C30H35FN2O3/c1-27-11-9-19-15-30(31)26(35)25(34)23(33(2)3)16-28(30)12-13-29(19,36-28)24(27)8-7-22(27)20-6-4-5-18-10-14-32-17-21(18)20/h4-7,9-10,14,17,23-26,34-35H,8,11-13,15-16H2,1-3H3/t23-,24?,25+,26-,27+,28+,29+,30?/m0/s1. The summed E-state index contributed by atoms with van der Waals surface area (Å²) >= 11 is 0. The van der Waals surface area contributed by atoms with Gasteiger partial charge >= 0.3 is 0 Å². The molecule has 2 N–H and O–H groups in total. The smallest absolute Gasteiger partial charge is 0.171 e. The number of ether oxygens (including phenoxy) is 1. The molecular formula is C30H35FN2O3. The monoisotopic (exact) mass is 490 g/mol. The third-order valence-corrected chi connectivity index (χ3v) is 10.7. The molecule has 6 heteroatoms. The summed E-state index contributed by atoms with van der Waals surface area (Å²) in [6.07, 6.45) is 9.32. The Morgan fingerprint density at radius 3 is 2.78 bits per heavy atom. The minimum absolute atomic E-state index is 0.136. The quantitative estimate of drug-likeness (QED) is 0.610. The molecule has 5 nitrogen and oxygen atoms in total. The Kier molecular flexibility index (Phi) is 4.64. The highest BCUT2D eigenvalue weighted by Crippen LogP contribution is 2.70. The molecule has 0 radical (unpaired) electrons. The summed E-state index contributed by atoms with van der Waals surface area (Å²) in [5.74, 6) is 0.206. The van der Waals surface area contributed by atoms with Gasteiger partial charge in [0.1, 0.15) is 11.7 Å². The number of rotatable bonds is 2. The Bertz CT molecular complexity index is 1320. The van der Waals surface area contributed by atoms with Crippen LogP contribution in [0.1, 0.15) is 51.0 Å². The number of fused-ring (bicyclic) bond motifs is 2. The number of aliphatic hydroxyl groups is 2. The first-order chi connectivity index (χ1) is 17.2. The van der Waals surface area contributed by atoms with E-state index in [1.165, 1.54) is 16.5 Å². The normalized spacial score (nSPS) is 45.2. The van der Waals surface area contributed by atoms with Crippen molar-refractivity contribution < 1.29 is 19.3 Å². The Morgan fingerprint density at radius 2 is 1.97 bits per heavy atom. The third-order valence-electron chi connectivity index (χ3n) is 10.7. The molecule has 3 fully saturated rings. The lowest BCUT2D eigenvalue weighted by Crippen LogP contribution is -2.73. The largest absolute Gasteiger partial charge is 0.389 e. The van der Waals surface area contributed by atoms with Crippen molar-refractivity contribution in [3.63, 3.8) is 0 Å². The molecular weight excluding hydrogens is 455 g/mol. The Labute approximate surface area is 211 Å². The topological polar surface area (TPSA) is 65.8 Å². The van der Waals surface area contributed by atoms with Gasteiger partial charge in [-0.2, -0.15) is 0 Å². The number of allylic oxidation sites excluding steroid dienone is 3. The van der Waals surface area contributed by atoms with E-state index in [4.69, 9.17) is 4.74 Å². The molecule has 2 bridgehead atoms. The molecule has 3 heterocycles. The zero-order valence-electron chi connectivity index (χ0n) is 21.2. The number of hydrogen-bond donors (Lipinski definition) is 2. The van der Waals surface area contributed by atoms with Crippen LogP contribution in [0.2, 0.25) is 0 Å². The van der Waals surface area contributed by atoms with Gasteiger partial charge in [-0.05, 0) is 74.4 Å². The lowest BCUT2D eigenvalue weighted by Gasteiger charge is -2.61. The van der Waals surface area contributed by atoms with Gasteiger partial charge in [0.2, 0.25) is 0 Å². The number of aromatic nitrogens is 1. The number of benzene rings is 1. The highest BCUT2D eigenvalue weighted by atomic mass is 19.1. The summed E-state index contributed by atoms with van der Waals surface area (Å²) in [5.41, 5.74) is -0.166. The summed E-state index contributed by atoms with van der Waals surface area (Å²) in [4.78, 5) is 6.31. The lowest BCUT2D eigenvalue weighted by molar-refractivity contribution is -0.282. The van der Waals surface area contributed by atoms with E-state index < -0.39 is 29.1 Å². The second-order valence-corrected chi connectivity index (χ2v) is 12.4. The van der Waals surface area contributed by atoms with Crippen LogP contribution in [0, 0.1) is 11.3 Å². The van der Waals surface area contributed by atoms with E-state index in [9.17, 15) is 10.2 Å². The summed E-state index contributed by atoms with van der Waals surface area (Å²) in [7, 11) is 3.76. The molecule has 2 aromatic rings. The maximum atomic E-state index is 16.9. The lowest BCUT2D eigenvalue weighted by atomic mass is 9.56. The van der Waals surface area contributed by atoms with Gasteiger partial charge in [-0.3, -0.25) is 4.98 Å². The fourth-order valence-electron chi connectivity index (χ4n) is 8.75. The maximum Gasteiger partial charge on any atom is 0.171 e. The summed E-state index contributed by atoms with van der Waals surface area (Å²) < 4.78 is 23.9. The molecule has 2 aliphatic heterocycles. The molecule has 0 amide bonds. The first kappa shape index (κ1) is 23.0. The molecule has 1 aromatic carbocycles. The van der Waals surface area contributed by atoms with E-state index in [-0.39, 0.29) is 23.8 Å². The molecule has 7 rings (SSSR count). The number of halogens is 1. The van der Waals surface area contributed by atoms with Crippen molar-refractivity contribution in [2.75, 3.05) is 14.1 Å². The molecule has 190 valence electrons. The number of nitrogens with zero attached hydrogens (tertiary/aromatic N) is 2. The van der Waals surface area contributed by atoms with Crippen LogP contribution in [0.25, 0.3) is 16.3 Å². The Hall–Kier alpha value is -2.12. The van der Waals surface area contributed by atoms with Gasteiger partial charge in [-0.25, -0.2) is 4.39 Å². The number of pyridine rings is 1. The van der Waals surface area contributed by atoms with Gasteiger partial charge < -0.3 is 19.8 Å². The van der Waals surface area contributed by atoms with Crippen molar-refractivity contribution in [3.8, 4) is 0 Å². The molecule has 1 saturated carbocycles. The third kappa shape index (κ3) is 2.61. The predicted octanol–water partition coefficient (Wildman–Crippen LogP) is 4.43. The summed E-state index contributed by atoms with van der Waals surface area (Å²) in [5, 5.41) is 24.3. The van der Waals surface area contributed by atoms with Crippen molar-refractivity contribution in [1.29, 1.82) is 0 Å². The van der Waals surface area contributed by atoms with Crippen LogP contribution in [-0.4, -0.2) is 69.3 Å². The zero-order chi connectivity index (χ0) is 25.1. The van der Waals surface area contributed by atoms with Gasteiger partial charge in [-0.15, -0.1) is 0 Å².